The van der Waals surface area contributed by atoms with Crippen LogP contribution in [0.2, 0.25) is 0 Å². The Morgan fingerprint density at radius 2 is 1.89 bits per heavy atom. The van der Waals surface area contributed by atoms with Gasteiger partial charge in [-0.05, 0) is 113 Å². The molecule has 1 saturated heterocycles. The molecule has 0 aliphatic carbocycles. The summed E-state index contributed by atoms with van der Waals surface area (Å²) in [6.07, 6.45) is 4.32. The van der Waals surface area contributed by atoms with Crippen molar-refractivity contribution in [2.75, 3.05) is 26.3 Å². The van der Waals surface area contributed by atoms with E-state index in [1.807, 2.05) is 25.1 Å². The van der Waals surface area contributed by atoms with Crippen LogP contribution in [0, 0.1) is 25.5 Å². The Morgan fingerprint density at radius 1 is 1.13 bits per heavy atom. The zero-order chi connectivity index (χ0) is 27.7. The molecule has 1 aliphatic heterocycles. The number of ether oxygens (including phenoxy) is 2. The molecule has 0 amide bonds. The summed E-state index contributed by atoms with van der Waals surface area (Å²) in [6, 6.07) is 9.05. The van der Waals surface area contributed by atoms with Gasteiger partial charge in [0.25, 0.3) is 0 Å². The predicted molar refractivity (Wildman–Crippen MR) is 145 cm³/mol. The van der Waals surface area contributed by atoms with Gasteiger partial charge in [-0.25, -0.2) is 8.78 Å². The van der Waals surface area contributed by atoms with E-state index in [0.29, 0.717) is 43.5 Å². The molecule has 2 aromatic carbocycles. The van der Waals surface area contributed by atoms with Crippen LogP contribution in [-0.2, 0) is 27.1 Å². The minimum absolute atomic E-state index is 0.140. The standard InChI is InChI=1S/C31H43F2NO4/c1-5-37-31(36)11-7-6-9-25-15-22(3)30(33)18-28(25)23(4)38-20-27(35)19-34-14-8-10-26(34)16-24-13-12-21(2)29(32)17-24/h12-13,15,17-18,23,26-27,35H,5-11,14,16,19-20H2,1-4H3/t23-,26+,27-/m1/s1. The normalized spacial score (nSPS) is 17.5. The van der Waals surface area contributed by atoms with E-state index in [-0.39, 0.29) is 36.4 Å². The summed E-state index contributed by atoms with van der Waals surface area (Å²) in [5.74, 6) is -0.654. The second-order valence-corrected chi connectivity index (χ2v) is 10.5. The minimum Gasteiger partial charge on any atom is -0.466 e. The topological polar surface area (TPSA) is 59.0 Å². The van der Waals surface area contributed by atoms with Crippen molar-refractivity contribution in [1.29, 1.82) is 0 Å². The Bertz CT molecular complexity index is 1060. The maximum absolute atomic E-state index is 14.4. The molecular weight excluding hydrogens is 488 g/mol. The van der Waals surface area contributed by atoms with Gasteiger partial charge in [0.1, 0.15) is 11.6 Å². The fourth-order valence-corrected chi connectivity index (χ4v) is 5.24. The summed E-state index contributed by atoms with van der Waals surface area (Å²) in [5.41, 5.74) is 3.97. The van der Waals surface area contributed by atoms with Crippen molar-refractivity contribution in [3.8, 4) is 0 Å². The van der Waals surface area contributed by atoms with E-state index in [9.17, 15) is 18.7 Å². The molecule has 1 heterocycles. The molecule has 38 heavy (non-hydrogen) atoms. The van der Waals surface area contributed by atoms with E-state index in [2.05, 4.69) is 4.90 Å². The summed E-state index contributed by atoms with van der Waals surface area (Å²) in [6.45, 7) is 9.07. The highest BCUT2D eigenvalue weighted by Crippen LogP contribution is 2.27. The molecule has 5 nitrogen and oxygen atoms in total. The molecule has 0 aromatic heterocycles. The van der Waals surface area contributed by atoms with Gasteiger partial charge in [0, 0.05) is 19.0 Å². The van der Waals surface area contributed by atoms with E-state index in [1.165, 1.54) is 6.07 Å². The summed E-state index contributed by atoms with van der Waals surface area (Å²) < 4.78 is 39.4. The lowest BCUT2D eigenvalue weighted by molar-refractivity contribution is -0.143. The summed E-state index contributed by atoms with van der Waals surface area (Å²) in [5, 5.41) is 10.8. The summed E-state index contributed by atoms with van der Waals surface area (Å²) >= 11 is 0. The number of halogens is 2. The Morgan fingerprint density at radius 3 is 2.63 bits per heavy atom. The number of carbonyl (C=O) groups excluding carboxylic acids is 1. The van der Waals surface area contributed by atoms with E-state index < -0.39 is 6.10 Å². The molecule has 0 saturated carbocycles. The van der Waals surface area contributed by atoms with Crippen molar-refractivity contribution in [3.63, 3.8) is 0 Å². The number of carbonyl (C=O) groups is 1. The van der Waals surface area contributed by atoms with Crippen molar-refractivity contribution >= 4 is 5.97 Å². The molecule has 1 N–H and O–H groups in total. The number of rotatable bonds is 14. The Labute approximate surface area is 226 Å². The number of aryl methyl sites for hydroxylation is 3. The largest absolute Gasteiger partial charge is 0.466 e. The summed E-state index contributed by atoms with van der Waals surface area (Å²) in [7, 11) is 0. The Hall–Kier alpha value is -2.35. The summed E-state index contributed by atoms with van der Waals surface area (Å²) in [4.78, 5) is 13.9. The first-order valence-corrected chi connectivity index (χ1v) is 13.9. The second kappa shape index (κ2) is 14.7. The highest BCUT2D eigenvalue weighted by molar-refractivity contribution is 5.69. The number of benzene rings is 2. The third-order valence-electron chi connectivity index (χ3n) is 7.43. The third-order valence-corrected chi connectivity index (χ3v) is 7.43. The van der Waals surface area contributed by atoms with Crippen molar-refractivity contribution in [2.45, 2.75) is 90.9 Å². The first kappa shape index (κ1) is 30.2. The van der Waals surface area contributed by atoms with Crippen molar-refractivity contribution in [3.05, 3.63) is 69.8 Å². The molecule has 3 atom stereocenters. The van der Waals surface area contributed by atoms with Crippen molar-refractivity contribution in [1.82, 2.24) is 4.90 Å². The fraction of sp³-hybridized carbons (Fsp3) is 0.581. The van der Waals surface area contributed by atoms with Crippen molar-refractivity contribution in [2.24, 2.45) is 0 Å². The molecule has 0 spiro atoms. The lowest BCUT2D eigenvalue weighted by Gasteiger charge is -2.28. The van der Waals surface area contributed by atoms with E-state index in [1.54, 1.807) is 26.8 Å². The lowest BCUT2D eigenvalue weighted by atomic mass is 9.95. The highest BCUT2D eigenvalue weighted by Gasteiger charge is 2.27. The average molecular weight is 532 g/mol. The molecular formula is C31H43F2NO4. The van der Waals surface area contributed by atoms with E-state index >= 15 is 0 Å². The van der Waals surface area contributed by atoms with Gasteiger partial charge in [0.2, 0.25) is 0 Å². The Balaban J connectivity index is 1.52. The number of unbranched alkanes of at least 4 members (excludes halogenated alkanes) is 1. The second-order valence-electron chi connectivity index (χ2n) is 10.5. The average Bonchev–Trinajstić information content (AvgIpc) is 3.30. The van der Waals surface area contributed by atoms with Gasteiger partial charge in [-0.1, -0.05) is 18.2 Å². The number of nitrogens with zero attached hydrogens (tertiary/aromatic N) is 1. The van der Waals surface area contributed by atoms with Gasteiger partial charge in [0.05, 0.1) is 25.4 Å². The van der Waals surface area contributed by atoms with Crippen LogP contribution in [0.4, 0.5) is 8.78 Å². The van der Waals surface area contributed by atoms with Gasteiger partial charge in [-0.15, -0.1) is 0 Å². The number of esters is 1. The lowest BCUT2D eigenvalue weighted by Crippen LogP contribution is -2.39. The minimum atomic E-state index is -0.684. The van der Waals surface area contributed by atoms with Crippen LogP contribution in [-0.4, -0.2) is 54.4 Å². The molecule has 7 heteroatoms. The number of aliphatic hydroxyl groups excluding tert-OH is 1. The van der Waals surface area contributed by atoms with Crippen LogP contribution in [0.1, 0.15) is 79.9 Å². The smallest absolute Gasteiger partial charge is 0.305 e. The van der Waals surface area contributed by atoms with Crippen molar-refractivity contribution < 1.29 is 28.2 Å². The van der Waals surface area contributed by atoms with Crippen LogP contribution in [0.3, 0.4) is 0 Å². The van der Waals surface area contributed by atoms with Crippen LogP contribution in [0.25, 0.3) is 0 Å². The number of likely N-dealkylation sites (tertiary alicyclic amines) is 1. The molecule has 3 rings (SSSR count). The number of hydrogen-bond acceptors (Lipinski definition) is 5. The van der Waals surface area contributed by atoms with Crippen LogP contribution >= 0.6 is 0 Å². The molecule has 2 aromatic rings. The zero-order valence-electron chi connectivity index (χ0n) is 23.3. The first-order chi connectivity index (χ1) is 18.2. The SMILES string of the molecule is CCOC(=O)CCCCc1cc(C)c(F)cc1[C@@H](C)OC[C@H](O)CN1CCC[C@H]1Cc1ccc(C)c(F)c1. The van der Waals surface area contributed by atoms with E-state index in [4.69, 9.17) is 9.47 Å². The molecule has 1 aliphatic rings. The Kier molecular flexibility index (Phi) is 11.7. The van der Waals surface area contributed by atoms with Gasteiger partial charge in [-0.3, -0.25) is 9.69 Å². The van der Waals surface area contributed by atoms with E-state index in [0.717, 1.165) is 48.9 Å². The predicted octanol–water partition coefficient (Wildman–Crippen LogP) is 6.00. The highest BCUT2D eigenvalue weighted by atomic mass is 19.1. The van der Waals surface area contributed by atoms with Gasteiger partial charge in [-0.2, -0.15) is 0 Å². The maximum atomic E-state index is 14.4. The zero-order valence-corrected chi connectivity index (χ0v) is 23.3. The third kappa shape index (κ3) is 8.85. The quantitative estimate of drug-likeness (QED) is 0.239. The molecule has 1 fully saturated rings. The monoisotopic (exact) mass is 531 g/mol. The van der Waals surface area contributed by atoms with Crippen LogP contribution in [0.15, 0.2) is 30.3 Å². The molecule has 0 radical (unpaired) electrons. The number of β-amino-alcohol motifs (C(OH)–C–C–N with tert-alkyl or cyclic N) is 1. The van der Waals surface area contributed by atoms with Gasteiger partial charge < -0.3 is 14.6 Å². The molecule has 0 bridgehead atoms. The first-order valence-electron chi connectivity index (χ1n) is 13.9. The van der Waals surface area contributed by atoms with Gasteiger partial charge >= 0.3 is 5.97 Å². The molecule has 0 unspecified atom stereocenters. The fourth-order valence-electron chi connectivity index (χ4n) is 5.24. The van der Waals surface area contributed by atoms with Gasteiger partial charge in [0.15, 0.2) is 0 Å². The van der Waals surface area contributed by atoms with Crippen LogP contribution in [0.5, 0.6) is 0 Å². The number of hydrogen-bond donors (Lipinski definition) is 1. The maximum Gasteiger partial charge on any atom is 0.305 e. The molecule has 210 valence electrons. The number of aliphatic hydroxyl groups is 1. The van der Waals surface area contributed by atoms with Crippen LogP contribution < -0.4 is 0 Å².